The lowest BCUT2D eigenvalue weighted by Gasteiger charge is -2.12. The Labute approximate surface area is 105 Å². The van der Waals surface area contributed by atoms with Crippen LogP contribution in [0.4, 0.5) is 0 Å². The van der Waals surface area contributed by atoms with Crippen molar-refractivity contribution in [2.24, 2.45) is 0 Å². The van der Waals surface area contributed by atoms with E-state index in [1.165, 1.54) is 28.8 Å². The van der Waals surface area contributed by atoms with Crippen molar-refractivity contribution in [1.82, 2.24) is 4.90 Å². The van der Waals surface area contributed by atoms with Crippen LogP contribution in [0.25, 0.3) is 0 Å². The lowest BCUT2D eigenvalue weighted by atomic mass is 10.1. The molecule has 0 unspecified atom stereocenters. The number of carboxylic acid groups (broad SMARTS) is 1. The van der Waals surface area contributed by atoms with Crippen LogP contribution < -0.4 is 0 Å². The molecule has 1 aromatic rings. The van der Waals surface area contributed by atoms with Crippen molar-refractivity contribution in [2.75, 3.05) is 13.6 Å². The van der Waals surface area contributed by atoms with E-state index in [1.54, 1.807) is 0 Å². The van der Waals surface area contributed by atoms with E-state index in [2.05, 4.69) is 6.92 Å². The summed E-state index contributed by atoms with van der Waals surface area (Å²) in [5.41, 5.74) is 1.18. The molecule has 5 heteroatoms. The highest BCUT2D eigenvalue weighted by atomic mass is 32.1. The van der Waals surface area contributed by atoms with E-state index in [1.807, 2.05) is 13.0 Å². The number of carboxylic acids is 1. The van der Waals surface area contributed by atoms with Crippen molar-refractivity contribution in [3.05, 3.63) is 21.4 Å². The summed E-state index contributed by atoms with van der Waals surface area (Å²) < 4.78 is 0. The van der Waals surface area contributed by atoms with Gasteiger partial charge in [0.25, 0.3) is 5.91 Å². The third kappa shape index (κ3) is 3.56. The minimum absolute atomic E-state index is 0.220. The molecule has 0 saturated heterocycles. The third-order valence-corrected chi connectivity index (χ3v) is 3.55. The van der Waals surface area contributed by atoms with E-state index in [0.29, 0.717) is 4.88 Å². The van der Waals surface area contributed by atoms with Crippen LogP contribution in [0.5, 0.6) is 0 Å². The highest BCUT2D eigenvalue weighted by Crippen LogP contribution is 2.23. The average molecular weight is 255 g/mol. The number of nitrogens with zero attached hydrogens (tertiary/aromatic N) is 1. The zero-order valence-corrected chi connectivity index (χ0v) is 11.1. The second-order valence-corrected chi connectivity index (χ2v) is 5.25. The number of aliphatic carboxylic acids is 1. The number of carbonyl (C=O) groups excluding carboxylic acids is 1. The van der Waals surface area contributed by atoms with Crippen molar-refractivity contribution >= 4 is 23.2 Å². The third-order valence-electron chi connectivity index (χ3n) is 2.47. The number of hydrogen-bond acceptors (Lipinski definition) is 3. The molecule has 1 amide bonds. The topological polar surface area (TPSA) is 57.6 Å². The number of carbonyl (C=O) groups is 2. The smallest absolute Gasteiger partial charge is 0.323 e. The zero-order valence-electron chi connectivity index (χ0n) is 10.3. The zero-order chi connectivity index (χ0) is 13.0. The SMILES string of the molecule is CCCc1cc(C(=O)N(C)CC(=O)O)sc1C. The van der Waals surface area contributed by atoms with Crippen molar-refractivity contribution in [2.45, 2.75) is 26.7 Å². The molecule has 4 nitrogen and oxygen atoms in total. The van der Waals surface area contributed by atoms with Gasteiger partial charge in [0.15, 0.2) is 0 Å². The summed E-state index contributed by atoms with van der Waals surface area (Å²) in [7, 11) is 1.50. The number of aryl methyl sites for hydroxylation is 2. The molecule has 17 heavy (non-hydrogen) atoms. The van der Waals surface area contributed by atoms with Crippen molar-refractivity contribution in [3.63, 3.8) is 0 Å². The first-order chi connectivity index (χ1) is 7.95. The van der Waals surface area contributed by atoms with E-state index in [-0.39, 0.29) is 12.5 Å². The second-order valence-electron chi connectivity index (χ2n) is 4.00. The Hall–Kier alpha value is -1.36. The summed E-state index contributed by atoms with van der Waals surface area (Å²) >= 11 is 1.43. The summed E-state index contributed by atoms with van der Waals surface area (Å²) in [6, 6.07) is 1.88. The fraction of sp³-hybridized carbons (Fsp3) is 0.500. The van der Waals surface area contributed by atoms with Crippen LogP contribution in [0.2, 0.25) is 0 Å². The van der Waals surface area contributed by atoms with Crippen LogP contribution in [-0.4, -0.2) is 35.5 Å². The molecule has 0 radical (unpaired) electrons. The summed E-state index contributed by atoms with van der Waals surface area (Å²) in [4.78, 5) is 25.4. The van der Waals surface area contributed by atoms with Crippen LogP contribution in [0, 0.1) is 6.92 Å². The normalized spacial score (nSPS) is 10.3. The average Bonchev–Trinajstić information content (AvgIpc) is 2.59. The van der Waals surface area contributed by atoms with E-state index >= 15 is 0 Å². The molecule has 0 aliphatic heterocycles. The van der Waals surface area contributed by atoms with Gasteiger partial charge in [0.1, 0.15) is 6.54 Å². The molecular weight excluding hydrogens is 238 g/mol. The highest BCUT2D eigenvalue weighted by Gasteiger charge is 2.17. The lowest BCUT2D eigenvalue weighted by molar-refractivity contribution is -0.137. The molecule has 0 bridgehead atoms. The van der Waals surface area contributed by atoms with Gasteiger partial charge in [0.05, 0.1) is 4.88 Å². The summed E-state index contributed by atoms with van der Waals surface area (Å²) in [5.74, 6) is -1.22. The molecule has 0 saturated carbocycles. The van der Waals surface area contributed by atoms with E-state index in [4.69, 9.17) is 5.11 Å². The molecule has 1 N–H and O–H groups in total. The predicted octanol–water partition coefficient (Wildman–Crippen LogP) is 2.17. The van der Waals surface area contributed by atoms with Crippen molar-refractivity contribution in [3.8, 4) is 0 Å². The first-order valence-corrected chi connectivity index (χ1v) is 6.34. The van der Waals surface area contributed by atoms with Gasteiger partial charge in [-0.15, -0.1) is 11.3 Å². The maximum Gasteiger partial charge on any atom is 0.323 e. The number of likely N-dealkylation sites (N-methyl/N-ethyl adjacent to an activating group) is 1. The Balaban J connectivity index is 2.82. The van der Waals surface area contributed by atoms with E-state index < -0.39 is 5.97 Å². The molecule has 0 aromatic carbocycles. The summed E-state index contributed by atoms with van der Waals surface area (Å²) in [5, 5.41) is 8.63. The molecule has 0 atom stereocenters. The minimum Gasteiger partial charge on any atom is -0.480 e. The van der Waals surface area contributed by atoms with Crippen LogP contribution in [-0.2, 0) is 11.2 Å². The van der Waals surface area contributed by atoms with Crippen LogP contribution >= 0.6 is 11.3 Å². The summed E-state index contributed by atoms with van der Waals surface area (Å²) in [6.45, 7) is 3.82. The molecule has 1 rings (SSSR count). The van der Waals surface area contributed by atoms with Gasteiger partial charge in [-0.2, -0.15) is 0 Å². The first-order valence-electron chi connectivity index (χ1n) is 5.52. The molecule has 0 aliphatic rings. The molecule has 1 heterocycles. The van der Waals surface area contributed by atoms with Gasteiger partial charge < -0.3 is 10.0 Å². The quantitative estimate of drug-likeness (QED) is 0.877. The molecule has 0 aliphatic carbocycles. The van der Waals surface area contributed by atoms with Crippen molar-refractivity contribution < 1.29 is 14.7 Å². The predicted molar refractivity (Wildman–Crippen MR) is 67.6 cm³/mol. The Kier molecular flexibility index (Phi) is 4.69. The number of rotatable bonds is 5. The van der Waals surface area contributed by atoms with E-state index in [0.717, 1.165) is 17.7 Å². The Morgan fingerprint density at radius 1 is 1.47 bits per heavy atom. The van der Waals surface area contributed by atoms with Crippen LogP contribution in [0.3, 0.4) is 0 Å². The molecule has 0 spiro atoms. The largest absolute Gasteiger partial charge is 0.480 e. The summed E-state index contributed by atoms with van der Waals surface area (Å²) in [6.07, 6.45) is 1.99. The number of hydrogen-bond donors (Lipinski definition) is 1. The minimum atomic E-state index is -0.997. The Morgan fingerprint density at radius 3 is 2.65 bits per heavy atom. The molecule has 1 aromatic heterocycles. The van der Waals surface area contributed by atoms with Gasteiger partial charge in [-0.05, 0) is 25.0 Å². The second kappa shape index (κ2) is 5.82. The van der Waals surface area contributed by atoms with Gasteiger partial charge in [-0.3, -0.25) is 9.59 Å². The van der Waals surface area contributed by atoms with Crippen molar-refractivity contribution in [1.29, 1.82) is 0 Å². The van der Waals surface area contributed by atoms with Gasteiger partial charge in [0.2, 0.25) is 0 Å². The Morgan fingerprint density at radius 2 is 2.12 bits per heavy atom. The van der Waals surface area contributed by atoms with Gasteiger partial charge in [0, 0.05) is 11.9 Å². The van der Waals surface area contributed by atoms with Crippen LogP contribution in [0.15, 0.2) is 6.07 Å². The molecule has 94 valence electrons. The maximum atomic E-state index is 11.9. The maximum absolute atomic E-state index is 11.9. The van der Waals surface area contributed by atoms with Crippen LogP contribution in [0.1, 0.15) is 33.5 Å². The monoisotopic (exact) mass is 255 g/mol. The highest BCUT2D eigenvalue weighted by molar-refractivity contribution is 7.14. The Bertz CT molecular complexity index is 425. The number of amides is 1. The van der Waals surface area contributed by atoms with Gasteiger partial charge in [-0.1, -0.05) is 13.3 Å². The number of thiophene rings is 1. The molecule has 0 fully saturated rings. The van der Waals surface area contributed by atoms with Gasteiger partial charge >= 0.3 is 5.97 Å². The fourth-order valence-electron chi connectivity index (χ4n) is 1.61. The standard InChI is InChI=1S/C12H17NO3S/c1-4-5-9-6-10(17-8(9)2)12(16)13(3)7-11(14)15/h6H,4-5,7H2,1-3H3,(H,14,15). The fourth-order valence-corrected chi connectivity index (χ4v) is 2.67. The first kappa shape index (κ1) is 13.7. The lowest BCUT2D eigenvalue weighted by Crippen LogP contribution is -2.31. The van der Waals surface area contributed by atoms with Gasteiger partial charge in [-0.25, -0.2) is 0 Å². The van der Waals surface area contributed by atoms with E-state index in [9.17, 15) is 9.59 Å². The molecular formula is C12H17NO3S.